The summed E-state index contributed by atoms with van der Waals surface area (Å²) < 4.78 is 0. The Morgan fingerprint density at radius 1 is 1.18 bits per heavy atom. The highest BCUT2D eigenvalue weighted by molar-refractivity contribution is 7.12. The van der Waals surface area contributed by atoms with Crippen molar-refractivity contribution in [1.82, 2.24) is 5.43 Å². The molecule has 2 aromatic rings. The predicted molar refractivity (Wildman–Crippen MR) is 90.6 cm³/mol. The van der Waals surface area contributed by atoms with E-state index in [9.17, 15) is 9.59 Å². The van der Waals surface area contributed by atoms with Crippen molar-refractivity contribution in [2.24, 2.45) is 0 Å². The first kappa shape index (κ1) is 16.5. The van der Waals surface area contributed by atoms with Crippen molar-refractivity contribution < 1.29 is 9.59 Å². The van der Waals surface area contributed by atoms with Crippen molar-refractivity contribution in [3.05, 3.63) is 50.7 Å². The Morgan fingerprint density at radius 2 is 1.95 bits per heavy atom. The van der Waals surface area contributed by atoms with Crippen LogP contribution in [0.4, 0.5) is 5.69 Å². The largest absolute Gasteiger partial charge is 0.299 e. The smallest absolute Gasteiger partial charge is 0.238 e. The molecule has 1 aromatic carbocycles. The lowest BCUT2D eigenvalue weighted by Gasteiger charge is -2.08. The number of hydrogen-bond donors (Lipinski definition) is 2. The summed E-state index contributed by atoms with van der Waals surface area (Å²) in [5.74, 6) is -0.238. The fraction of sp³-hybridized carbons (Fsp3) is 0.250. The van der Waals surface area contributed by atoms with Gasteiger partial charge in [0.2, 0.25) is 5.91 Å². The van der Waals surface area contributed by atoms with Gasteiger partial charge < -0.3 is 0 Å². The Kier molecular flexibility index (Phi) is 5.57. The summed E-state index contributed by atoms with van der Waals surface area (Å²) in [5, 5.41) is 0.581. The number of nitrogens with one attached hydrogen (secondary N) is 2. The van der Waals surface area contributed by atoms with Gasteiger partial charge in [0.1, 0.15) is 0 Å². The van der Waals surface area contributed by atoms with Crippen molar-refractivity contribution in [2.75, 3.05) is 5.43 Å². The van der Waals surface area contributed by atoms with Crippen molar-refractivity contribution in [2.45, 2.75) is 26.7 Å². The van der Waals surface area contributed by atoms with Crippen LogP contribution in [0.5, 0.6) is 0 Å². The summed E-state index contributed by atoms with van der Waals surface area (Å²) in [6.45, 7) is 3.89. The number of hydrazine groups is 1. The van der Waals surface area contributed by atoms with E-state index in [1.165, 1.54) is 0 Å². The SMILES string of the molecule is Cc1cc(C(=O)CCC(=O)NNc2cccc(Cl)c2)c(C)s1. The molecule has 0 bridgehead atoms. The molecule has 116 valence electrons. The van der Waals surface area contributed by atoms with Crippen molar-refractivity contribution in [3.63, 3.8) is 0 Å². The van der Waals surface area contributed by atoms with Crippen LogP contribution >= 0.6 is 22.9 Å². The maximum atomic E-state index is 12.1. The van der Waals surface area contributed by atoms with Crippen LogP contribution in [-0.2, 0) is 4.79 Å². The van der Waals surface area contributed by atoms with E-state index in [1.54, 1.807) is 35.6 Å². The molecule has 0 saturated heterocycles. The van der Waals surface area contributed by atoms with Gasteiger partial charge in [-0.1, -0.05) is 17.7 Å². The van der Waals surface area contributed by atoms with Gasteiger partial charge in [0.15, 0.2) is 5.78 Å². The first-order valence-corrected chi connectivity index (χ1v) is 8.06. The predicted octanol–water partition coefficient (Wildman–Crippen LogP) is 4.12. The first-order chi connectivity index (χ1) is 10.5. The maximum absolute atomic E-state index is 12.1. The van der Waals surface area contributed by atoms with Gasteiger partial charge in [0.25, 0.3) is 0 Å². The van der Waals surface area contributed by atoms with E-state index in [1.807, 2.05) is 19.9 Å². The number of benzene rings is 1. The van der Waals surface area contributed by atoms with E-state index in [2.05, 4.69) is 10.9 Å². The maximum Gasteiger partial charge on any atom is 0.238 e. The van der Waals surface area contributed by atoms with Crippen LogP contribution in [-0.4, -0.2) is 11.7 Å². The highest BCUT2D eigenvalue weighted by Gasteiger charge is 2.13. The summed E-state index contributed by atoms with van der Waals surface area (Å²) in [6, 6.07) is 8.89. The second kappa shape index (κ2) is 7.42. The molecule has 0 aliphatic carbocycles. The molecule has 6 heteroatoms. The van der Waals surface area contributed by atoms with E-state index < -0.39 is 0 Å². The summed E-state index contributed by atoms with van der Waals surface area (Å²) in [7, 11) is 0. The first-order valence-electron chi connectivity index (χ1n) is 6.86. The number of amides is 1. The number of thiophene rings is 1. The summed E-state index contributed by atoms with van der Waals surface area (Å²) in [5.41, 5.74) is 6.74. The van der Waals surface area contributed by atoms with Crippen LogP contribution < -0.4 is 10.9 Å². The molecule has 1 amide bonds. The van der Waals surface area contributed by atoms with Gasteiger partial charge in [-0.2, -0.15) is 0 Å². The summed E-state index contributed by atoms with van der Waals surface area (Å²) in [6.07, 6.45) is 0.334. The standard InChI is InChI=1S/C16H17ClN2O2S/c1-10-8-14(11(2)22-10)15(20)6-7-16(21)19-18-13-5-3-4-12(17)9-13/h3-5,8-9,18H,6-7H2,1-2H3,(H,19,21). The Labute approximate surface area is 138 Å². The number of hydrogen-bond acceptors (Lipinski definition) is 4. The number of aryl methyl sites for hydroxylation is 2. The number of halogens is 1. The lowest BCUT2D eigenvalue weighted by atomic mass is 10.1. The van der Waals surface area contributed by atoms with Gasteiger partial charge in [0.05, 0.1) is 5.69 Å². The zero-order valence-corrected chi connectivity index (χ0v) is 14.0. The molecule has 22 heavy (non-hydrogen) atoms. The molecule has 0 saturated carbocycles. The van der Waals surface area contributed by atoms with Gasteiger partial charge >= 0.3 is 0 Å². The molecule has 2 N–H and O–H groups in total. The molecule has 4 nitrogen and oxygen atoms in total. The highest BCUT2D eigenvalue weighted by Crippen LogP contribution is 2.22. The van der Waals surface area contributed by atoms with Crippen molar-refractivity contribution >= 4 is 40.3 Å². The lowest BCUT2D eigenvalue weighted by molar-refractivity contribution is -0.120. The van der Waals surface area contributed by atoms with Crippen molar-refractivity contribution in [1.29, 1.82) is 0 Å². The summed E-state index contributed by atoms with van der Waals surface area (Å²) >= 11 is 7.45. The second-order valence-electron chi connectivity index (χ2n) is 4.93. The fourth-order valence-corrected chi connectivity index (χ4v) is 3.17. The zero-order chi connectivity index (χ0) is 16.1. The minimum Gasteiger partial charge on any atom is -0.299 e. The molecule has 1 aromatic heterocycles. The number of ketones is 1. The van der Waals surface area contributed by atoms with Gasteiger partial charge in [-0.05, 0) is 38.1 Å². The van der Waals surface area contributed by atoms with E-state index in [0.29, 0.717) is 10.7 Å². The number of carbonyl (C=O) groups is 2. The number of Topliss-reactive ketones (excluding diaryl/α,β-unsaturated/α-hetero) is 1. The Balaban J connectivity index is 1.80. The third kappa shape index (κ3) is 4.58. The third-order valence-corrected chi connectivity index (χ3v) is 4.29. The van der Waals surface area contributed by atoms with Crippen LogP contribution in [0.25, 0.3) is 0 Å². The molecule has 2 rings (SSSR count). The second-order valence-corrected chi connectivity index (χ2v) is 6.83. The van der Waals surface area contributed by atoms with Crippen molar-refractivity contribution in [3.8, 4) is 0 Å². The van der Waals surface area contributed by atoms with Gasteiger partial charge in [-0.25, -0.2) is 0 Å². The summed E-state index contributed by atoms with van der Waals surface area (Å²) in [4.78, 5) is 26.0. The van der Waals surface area contributed by atoms with Gasteiger partial charge in [-0.15, -0.1) is 11.3 Å². The third-order valence-electron chi connectivity index (χ3n) is 3.09. The topological polar surface area (TPSA) is 58.2 Å². The zero-order valence-electron chi connectivity index (χ0n) is 12.4. The molecule has 1 heterocycles. The minimum atomic E-state index is -0.238. The quantitative estimate of drug-likeness (QED) is 0.616. The van der Waals surface area contributed by atoms with Crippen LogP contribution in [0, 0.1) is 13.8 Å². The molecular weight excluding hydrogens is 320 g/mol. The average molecular weight is 337 g/mol. The Morgan fingerprint density at radius 3 is 2.59 bits per heavy atom. The van der Waals surface area contributed by atoms with Crippen LogP contribution in [0.3, 0.4) is 0 Å². The Hall–Kier alpha value is -1.85. The molecule has 0 atom stereocenters. The molecule has 0 aliphatic heterocycles. The average Bonchev–Trinajstić information content (AvgIpc) is 2.81. The fourth-order valence-electron chi connectivity index (χ4n) is 2.04. The van der Waals surface area contributed by atoms with E-state index in [-0.39, 0.29) is 24.5 Å². The normalized spacial score (nSPS) is 10.3. The lowest BCUT2D eigenvalue weighted by Crippen LogP contribution is -2.29. The highest BCUT2D eigenvalue weighted by atomic mass is 35.5. The monoisotopic (exact) mass is 336 g/mol. The number of anilines is 1. The van der Waals surface area contributed by atoms with E-state index in [0.717, 1.165) is 15.3 Å². The molecule has 0 unspecified atom stereocenters. The molecular formula is C16H17ClN2O2S. The molecule has 0 aliphatic rings. The minimum absolute atomic E-state index is 0.000226. The Bertz CT molecular complexity index is 697. The van der Waals surface area contributed by atoms with Crippen LogP contribution in [0.1, 0.15) is 33.0 Å². The number of carbonyl (C=O) groups excluding carboxylic acids is 2. The van der Waals surface area contributed by atoms with Gasteiger partial charge in [0, 0.05) is 33.2 Å². The van der Waals surface area contributed by atoms with Gasteiger partial charge in [-0.3, -0.25) is 20.4 Å². The molecule has 0 radical (unpaired) electrons. The molecule has 0 fully saturated rings. The van der Waals surface area contributed by atoms with Crippen LogP contribution in [0.2, 0.25) is 5.02 Å². The van der Waals surface area contributed by atoms with E-state index in [4.69, 9.17) is 11.6 Å². The van der Waals surface area contributed by atoms with E-state index >= 15 is 0 Å². The van der Waals surface area contributed by atoms with Crippen LogP contribution in [0.15, 0.2) is 30.3 Å². The molecule has 0 spiro atoms. The number of rotatable bonds is 6.